The lowest BCUT2D eigenvalue weighted by atomic mass is 10.0. The van der Waals surface area contributed by atoms with E-state index in [-0.39, 0.29) is 16.5 Å². The molecule has 1 aliphatic heterocycles. The zero-order valence-electron chi connectivity index (χ0n) is 15.6. The van der Waals surface area contributed by atoms with Crippen molar-refractivity contribution in [2.75, 3.05) is 0 Å². The maximum absolute atomic E-state index is 13.4. The van der Waals surface area contributed by atoms with Crippen molar-refractivity contribution in [3.63, 3.8) is 0 Å². The van der Waals surface area contributed by atoms with Crippen molar-refractivity contribution in [1.29, 1.82) is 0 Å². The Morgan fingerprint density at radius 2 is 1.80 bits per heavy atom. The number of carbonyl (C=O) groups excluding carboxylic acids is 1. The monoisotopic (exact) mass is 442 g/mol. The molecule has 0 saturated carbocycles. The maximum atomic E-state index is 13.4. The highest BCUT2D eigenvalue weighted by Gasteiger charge is 2.43. The average Bonchev–Trinajstić information content (AvgIpc) is 3.19. The molecule has 0 unspecified atom stereocenters. The van der Waals surface area contributed by atoms with Gasteiger partial charge in [-0.15, -0.1) is 0 Å². The number of likely N-dealkylation sites (tertiary alicyclic amines) is 1. The Hall–Kier alpha value is -3.03. The lowest BCUT2D eigenvalue weighted by molar-refractivity contribution is -0.141. The smallest absolute Gasteiger partial charge is 0.326 e. The van der Waals surface area contributed by atoms with Crippen molar-refractivity contribution >= 4 is 35.1 Å². The molecule has 0 bridgehead atoms. The van der Waals surface area contributed by atoms with Gasteiger partial charge in [-0.3, -0.25) is 9.78 Å². The molecular formula is C21H16Cl2N4O3. The Morgan fingerprint density at radius 1 is 1.03 bits per heavy atom. The van der Waals surface area contributed by atoms with Crippen LogP contribution in [0.25, 0.3) is 11.5 Å². The lowest BCUT2D eigenvalue weighted by Gasteiger charge is -2.29. The minimum atomic E-state index is -1.08. The van der Waals surface area contributed by atoms with E-state index in [1.807, 2.05) is 0 Å². The summed E-state index contributed by atoms with van der Waals surface area (Å²) in [5, 5.41) is 10.1. The number of nitrogens with zero attached hydrogens (tertiary/aromatic N) is 4. The Morgan fingerprint density at radius 3 is 2.47 bits per heavy atom. The van der Waals surface area contributed by atoms with Gasteiger partial charge in [0, 0.05) is 17.4 Å². The highest BCUT2D eigenvalue weighted by molar-refractivity contribution is 6.33. The van der Waals surface area contributed by atoms with Crippen molar-refractivity contribution in [2.24, 2.45) is 0 Å². The molecule has 0 aliphatic carbocycles. The largest absolute Gasteiger partial charge is 0.480 e. The van der Waals surface area contributed by atoms with E-state index < -0.39 is 24.0 Å². The number of benzene rings is 1. The van der Waals surface area contributed by atoms with Gasteiger partial charge in [0.25, 0.3) is 5.91 Å². The van der Waals surface area contributed by atoms with Gasteiger partial charge in [0.2, 0.25) is 0 Å². The molecule has 152 valence electrons. The van der Waals surface area contributed by atoms with Gasteiger partial charge in [0.05, 0.1) is 11.6 Å². The Balaban J connectivity index is 1.72. The second kappa shape index (κ2) is 8.38. The van der Waals surface area contributed by atoms with Gasteiger partial charge in [0.15, 0.2) is 5.82 Å². The van der Waals surface area contributed by atoms with E-state index in [4.69, 9.17) is 23.2 Å². The van der Waals surface area contributed by atoms with Crippen molar-refractivity contribution in [1.82, 2.24) is 19.9 Å². The SMILES string of the molecule is O=C(O)[C@@H]1CC[C@H](c2ccccc2Cl)N1C(=O)c1cnc(-c2ccccn2)nc1Cl. The fourth-order valence-electron chi connectivity index (χ4n) is 3.65. The maximum Gasteiger partial charge on any atom is 0.326 e. The molecule has 1 saturated heterocycles. The second-order valence-electron chi connectivity index (χ2n) is 6.79. The normalized spacial score (nSPS) is 18.4. The van der Waals surface area contributed by atoms with Crippen LogP contribution in [0.5, 0.6) is 0 Å². The van der Waals surface area contributed by atoms with Gasteiger partial charge in [0.1, 0.15) is 16.9 Å². The molecule has 9 heteroatoms. The van der Waals surface area contributed by atoms with E-state index in [1.54, 1.807) is 48.7 Å². The number of aliphatic carboxylic acids is 1. The summed E-state index contributed by atoms with van der Waals surface area (Å²) in [6.45, 7) is 0. The molecule has 1 aliphatic rings. The number of hydrogen-bond donors (Lipinski definition) is 1. The Kier molecular flexibility index (Phi) is 5.65. The quantitative estimate of drug-likeness (QED) is 0.605. The third kappa shape index (κ3) is 3.74. The van der Waals surface area contributed by atoms with Gasteiger partial charge < -0.3 is 10.0 Å². The van der Waals surface area contributed by atoms with E-state index >= 15 is 0 Å². The highest BCUT2D eigenvalue weighted by atomic mass is 35.5. The van der Waals surface area contributed by atoms with E-state index in [2.05, 4.69) is 15.0 Å². The number of aromatic nitrogens is 3. The summed E-state index contributed by atoms with van der Waals surface area (Å²) in [6, 6.07) is 10.9. The van der Waals surface area contributed by atoms with Crippen LogP contribution in [0.15, 0.2) is 54.9 Å². The predicted molar refractivity (Wildman–Crippen MR) is 111 cm³/mol. The minimum absolute atomic E-state index is 0.0292. The summed E-state index contributed by atoms with van der Waals surface area (Å²) in [4.78, 5) is 39.1. The van der Waals surface area contributed by atoms with Crippen LogP contribution < -0.4 is 0 Å². The van der Waals surface area contributed by atoms with Crippen LogP contribution in [0.4, 0.5) is 0 Å². The van der Waals surface area contributed by atoms with Crippen LogP contribution in [0, 0.1) is 0 Å². The first-order chi connectivity index (χ1) is 14.5. The van der Waals surface area contributed by atoms with Crippen molar-refractivity contribution < 1.29 is 14.7 Å². The van der Waals surface area contributed by atoms with Crippen molar-refractivity contribution in [3.8, 4) is 11.5 Å². The Labute approximate surface area is 182 Å². The zero-order valence-corrected chi connectivity index (χ0v) is 17.1. The van der Waals surface area contributed by atoms with Gasteiger partial charge in [-0.05, 0) is 36.6 Å². The van der Waals surface area contributed by atoms with Crippen molar-refractivity contribution in [3.05, 3.63) is 76.2 Å². The Bertz CT molecular complexity index is 1110. The van der Waals surface area contributed by atoms with Gasteiger partial charge in [-0.2, -0.15) is 0 Å². The molecule has 4 rings (SSSR count). The zero-order chi connectivity index (χ0) is 21.3. The number of hydrogen-bond acceptors (Lipinski definition) is 5. The molecular weight excluding hydrogens is 427 g/mol. The number of pyridine rings is 1. The van der Waals surface area contributed by atoms with E-state index in [0.717, 1.165) is 0 Å². The molecule has 7 nitrogen and oxygen atoms in total. The first-order valence-electron chi connectivity index (χ1n) is 9.21. The van der Waals surface area contributed by atoms with Gasteiger partial charge >= 0.3 is 5.97 Å². The third-order valence-electron chi connectivity index (χ3n) is 5.04. The lowest BCUT2D eigenvalue weighted by Crippen LogP contribution is -2.42. The van der Waals surface area contributed by atoms with Crippen LogP contribution in [0.2, 0.25) is 10.2 Å². The number of carboxylic acid groups (broad SMARTS) is 1. The molecule has 2 atom stereocenters. The van der Waals surface area contributed by atoms with Crippen molar-refractivity contribution in [2.45, 2.75) is 24.9 Å². The van der Waals surface area contributed by atoms with Crippen LogP contribution >= 0.6 is 23.2 Å². The standard InChI is InChI=1S/C21H16Cl2N4O3/c22-14-6-2-1-5-12(14)16-8-9-17(21(29)30)27(16)20(28)13-11-25-19(26-18(13)23)15-7-3-4-10-24-15/h1-7,10-11,16-17H,8-9H2,(H,29,30)/t16-,17+/m1/s1. The van der Waals surface area contributed by atoms with Crippen LogP contribution in [0.1, 0.15) is 34.8 Å². The summed E-state index contributed by atoms with van der Waals surface area (Å²) in [6.07, 6.45) is 3.68. The first kappa shape index (κ1) is 20.3. The molecule has 1 N–H and O–H groups in total. The summed E-state index contributed by atoms with van der Waals surface area (Å²) in [7, 11) is 0. The van der Waals surface area contributed by atoms with Crippen LogP contribution in [0.3, 0.4) is 0 Å². The summed E-state index contributed by atoms with van der Waals surface area (Å²) < 4.78 is 0. The van der Waals surface area contributed by atoms with E-state index in [0.29, 0.717) is 29.1 Å². The number of carbonyl (C=O) groups is 2. The molecule has 1 aromatic carbocycles. The van der Waals surface area contributed by atoms with Gasteiger partial charge in [-0.1, -0.05) is 47.5 Å². The topological polar surface area (TPSA) is 96.3 Å². The van der Waals surface area contributed by atoms with Crippen LogP contribution in [-0.4, -0.2) is 42.9 Å². The van der Waals surface area contributed by atoms with Gasteiger partial charge in [-0.25, -0.2) is 14.8 Å². The molecule has 1 amide bonds. The average molecular weight is 443 g/mol. The fraction of sp³-hybridized carbons (Fsp3) is 0.190. The minimum Gasteiger partial charge on any atom is -0.480 e. The summed E-state index contributed by atoms with van der Waals surface area (Å²) in [5.74, 6) is -1.36. The second-order valence-corrected chi connectivity index (χ2v) is 7.56. The number of carboxylic acids is 1. The van der Waals surface area contributed by atoms with E-state index in [9.17, 15) is 14.7 Å². The first-order valence-corrected chi connectivity index (χ1v) is 9.97. The number of amides is 1. The highest BCUT2D eigenvalue weighted by Crippen LogP contribution is 2.40. The fourth-order valence-corrected chi connectivity index (χ4v) is 4.12. The molecule has 3 heterocycles. The molecule has 30 heavy (non-hydrogen) atoms. The third-order valence-corrected chi connectivity index (χ3v) is 5.67. The molecule has 3 aromatic rings. The number of halogens is 2. The number of rotatable bonds is 4. The molecule has 1 fully saturated rings. The summed E-state index contributed by atoms with van der Waals surface area (Å²) >= 11 is 12.6. The molecule has 0 spiro atoms. The van der Waals surface area contributed by atoms with Crippen LogP contribution in [-0.2, 0) is 4.79 Å². The molecule has 0 radical (unpaired) electrons. The molecule has 2 aromatic heterocycles. The van der Waals surface area contributed by atoms with E-state index in [1.165, 1.54) is 11.1 Å². The summed E-state index contributed by atoms with van der Waals surface area (Å²) in [5.41, 5.74) is 1.23. The predicted octanol–water partition coefficient (Wildman–Crippen LogP) is 4.28.